The van der Waals surface area contributed by atoms with Crippen molar-refractivity contribution in [2.45, 2.75) is 27.2 Å². The summed E-state index contributed by atoms with van der Waals surface area (Å²) in [5.41, 5.74) is 2.26. The zero-order valence-electron chi connectivity index (χ0n) is 9.95. The predicted octanol–water partition coefficient (Wildman–Crippen LogP) is 2.61. The second-order valence-corrected chi connectivity index (χ2v) is 5.63. The Bertz CT molecular complexity index is 380. The van der Waals surface area contributed by atoms with Crippen LogP contribution in [0.15, 0.2) is 24.3 Å². The van der Waals surface area contributed by atoms with Gasteiger partial charge in [-0.05, 0) is 18.9 Å². The SMILES string of the molecule is CC.Cc1cccc(CCS(C)(=O)=O)c1. The summed E-state index contributed by atoms with van der Waals surface area (Å²) in [4.78, 5) is 0. The number of hydrogen-bond acceptors (Lipinski definition) is 2. The molecule has 0 fully saturated rings. The minimum atomic E-state index is -2.84. The molecular weight excluding hydrogens is 208 g/mol. The standard InChI is InChI=1S/C10H14O2S.C2H6/c1-9-4-3-5-10(8-9)6-7-13(2,11)12;1-2/h3-5,8H,6-7H2,1-2H3;1-2H3. The van der Waals surface area contributed by atoms with Crippen molar-refractivity contribution in [1.29, 1.82) is 0 Å². The van der Waals surface area contributed by atoms with Gasteiger partial charge in [0.15, 0.2) is 0 Å². The molecule has 0 aromatic heterocycles. The van der Waals surface area contributed by atoms with Crippen molar-refractivity contribution in [3.63, 3.8) is 0 Å². The van der Waals surface area contributed by atoms with Gasteiger partial charge in [0.25, 0.3) is 0 Å². The van der Waals surface area contributed by atoms with Crippen LogP contribution >= 0.6 is 0 Å². The summed E-state index contributed by atoms with van der Waals surface area (Å²) in [6.45, 7) is 6.00. The van der Waals surface area contributed by atoms with E-state index < -0.39 is 9.84 Å². The van der Waals surface area contributed by atoms with E-state index in [-0.39, 0.29) is 5.75 Å². The number of rotatable bonds is 3. The summed E-state index contributed by atoms with van der Waals surface area (Å²) < 4.78 is 21.8. The molecule has 0 spiro atoms. The molecule has 86 valence electrons. The summed E-state index contributed by atoms with van der Waals surface area (Å²) in [6.07, 6.45) is 1.88. The maximum atomic E-state index is 10.9. The van der Waals surface area contributed by atoms with Gasteiger partial charge >= 0.3 is 0 Å². The van der Waals surface area contributed by atoms with Gasteiger partial charge in [0.1, 0.15) is 9.84 Å². The Hall–Kier alpha value is -0.830. The Morgan fingerprint density at radius 3 is 2.27 bits per heavy atom. The van der Waals surface area contributed by atoms with E-state index >= 15 is 0 Å². The van der Waals surface area contributed by atoms with Gasteiger partial charge in [-0.25, -0.2) is 8.42 Å². The minimum Gasteiger partial charge on any atom is -0.229 e. The van der Waals surface area contributed by atoms with E-state index in [1.54, 1.807) is 0 Å². The normalized spacial score (nSPS) is 10.4. The molecule has 1 rings (SSSR count). The molecule has 2 nitrogen and oxygen atoms in total. The Morgan fingerprint density at radius 1 is 1.20 bits per heavy atom. The van der Waals surface area contributed by atoms with E-state index in [2.05, 4.69) is 0 Å². The first-order valence-electron chi connectivity index (χ1n) is 5.21. The fourth-order valence-electron chi connectivity index (χ4n) is 1.17. The van der Waals surface area contributed by atoms with Gasteiger partial charge in [0.2, 0.25) is 0 Å². The molecule has 0 aliphatic carbocycles. The van der Waals surface area contributed by atoms with E-state index in [1.807, 2.05) is 45.0 Å². The molecule has 0 amide bonds. The predicted molar refractivity (Wildman–Crippen MR) is 65.9 cm³/mol. The molecule has 0 N–H and O–H groups in total. The van der Waals surface area contributed by atoms with Gasteiger partial charge in [-0.3, -0.25) is 0 Å². The summed E-state index contributed by atoms with van der Waals surface area (Å²) in [7, 11) is -2.84. The van der Waals surface area contributed by atoms with Gasteiger partial charge in [-0.1, -0.05) is 43.7 Å². The maximum absolute atomic E-state index is 10.9. The molecule has 0 heterocycles. The smallest absolute Gasteiger partial charge is 0.147 e. The van der Waals surface area contributed by atoms with E-state index in [0.29, 0.717) is 6.42 Å². The van der Waals surface area contributed by atoms with Gasteiger partial charge in [0.05, 0.1) is 5.75 Å². The fourth-order valence-corrected chi connectivity index (χ4v) is 1.78. The zero-order valence-corrected chi connectivity index (χ0v) is 10.8. The van der Waals surface area contributed by atoms with Crippen LogP contribution in [0.1, 0.15) is 25.0 Å². The number of benzene rings is 1. The molecular formula is C12H20O2S. The third-order valence-corrected chi connectivity index (χ3v) is 2.79. The van der Waals surface area contributed by atoms with Crippen molar-refractivity contribution in [2.75, 3.05) is 12.0 Å². The highest BCUT2D eigenvalue weighted by atomic mass is 32.2. The van der Waals surface area contributed by atoms with Crippen molar-refractivity contribution >= 4 is 9.84 Å². The molecule has 15 heavy (non-hydrogen) atoms. The summed E-state index contributed by atoms with van der Waals surface area (Å²) in [5, 5.41) is 0. The average molecular weight is 228 g/mol. The average Bonchev–Trinajstić information content (AvgIpc) is 2.17. The van der Waals surface area contributed by atoms with Gasteiger partial charge < -0.3 is 0 Å². The Morgan fingerprint density at radius 2 is 1.80 bits per heavy atom. The Kier molecular flexibility index (Phi) is 6.25. The van der Waals surface area contributed by atoms with Crippen LogP contribution < -0.4 is 0 Å². The van der Waals surface area contributed by atoms with Crippen molar-refractivity contribution in [3.8, 4) is 0 Å². The van der Waals surface area contributed by atoms with Crippen LogP contribution in [-0.4, -0.2) is 20.4 Å². The quantitative estimate of drug-likeness (QED) is 0.797. The lowest BCUT2D eigenvalue weighted by molar-refractivity contribution is 0.601. The monoisotopic (exact) mass is 228 g/mol. The first kappa shape index (κ1) is 14.2. The van der Waals surface area contributed by atoms with Crippen LogP contribution in [0.2, 0.25) is 0 Å². The van der Waals surface area contributed by atoms with Crippen LogP contribution in [0.5, 0.6) is 0 Å². The molecule has 0 atom stereocenters. The van der Waals surface area contributed by atoms with Gasteiger partial charge in [-0.2, -0.15) is 0 Å². The fraction of sp³-hybridized carbons (Fsp3) is 0.500. The molecule has 0 unspecified atom stereocenters. The topological polar surface area (TPSA) is 34.1 Å². The second-order valence-electron chi connectivity index (χ2n) is 3.37. The largest absolute Gasteiger partial charge is 0.229 e. The molecule has 0 radical (unpaired) electrons. The number of sulfone groups is 1. The van der Waals surface area contributed by atoms with Crippen molar-refractivity contribution in [1.82, 2.24) is 0 Å². The minimum absolute atomic E-state index is 0.233. The van der Waals surface area contributed by atoms with Gasteiger partial charge in [-0.15, -0.1) is 0 Å². The lowest BCUT2D eigenvalue weighted by Gasteiger charge is -2.00. The third-order valence-electron chi connectivity index (χ3n) is 1.84. The zero-order chi connectivity index (χ0) is 11.9. The molecule has 0 aliphatic rings. The van der Waals surface area contributed by atoms with E-state index in [0.717, 1.165) is 5.56 Å². The molecule has 1 aromatic rings. The number of aryl methyl sites for hydroxylation is 2. The molecule has 1 aromatic carbocycles. The number of hydrogen-bond donors (Lipinski definition) is 0. The van der Waals surface area contributed by atoms with Gasteiger partial charge in [0, 0.05) is 6.26 Å². The summed E-state index contributed by atoms with van der Waals surface area (Å²) >= 11 is 0. The maximum Gasteiger partial charge on any atom is 0.147 e. The van der Waals surface area contributed by atoms with Crippen LogP contribution in [0, 0.1) is 6.92 Å². The molecule has 0 bridgehead atoms. The highest BCUT2D eigenvalue weighted by Crippen LogP contribution is 2.05. The second kappa shape index (κ2) is 6.62. The molecule has 0 saturated carbocycles. The first-order chi connectivity index (χ1) is 6.97. The molecule has 0 aliphatic heterocycles. The van der Waals surface area contributed by atoms with Crippen LogP contribution in [0.3, 0.4) is 0 Å². The molecule has 3 heteroatoms. The first-order valence-corrected chi connectivity index (χ1v) is 7.27. The highest BCUT2D eigenvalue weighted by Gasteiger charge is 2.02. The van der Waals surface area contributed by atoms with Crippen LogP contribution in [0.25, 0.3) is 0 Å². The summed E-state index contributed by atoms with van der Waals surface area (Å²) in [6, 6.07) is 7.93. The Labute approximate surface area is 93.3 Å². The van der Waals surface area contributed by atoms with Crippen molar-refractivity contribution in [3.05, 3.63) is 35.4 Å². The van der Waals surface area contributed by atoms with Crippen molar-refractivity contribution in [2.24, 2.45) is 0 Å². The Balaban J connectivity index is 0.000000921. The molecule has 0 saturated heterocycles. The van der Waals surface area contributed by atoms with Crippen molar-refractivity contribution < 1.29 is 8.42 Å². The van der Waals surface area contributed by atoms with E-state index in [4.69, 9.17) is 0 Å². The van der Waals surface area contributed by atoms with E-state index in [9.17, 15) is 8.42 Å². The van der Waals surface area contributed by atoms with Crippen LogP contribution in [0.4, 0.5) is 0 Å². The lowest BCUT2D eigenvalue weighted by Crippen LogP contribution is -2.05. The van der Waals surface area contributed by atoms with E-state index in [1.165, 1.54) is 11.8 Å². The third kappa shape index (κ3) is 7.14. The van der Waals surface area contributed by atoms with Crippen LogP contribution in [-0.2, 0) is 16.3 Å². The summed E-state index contributed by atoms with van der Waals surface area (Å²) in [5.74, 6) is 0.233. The lowest BCUT2D eigenvalue weighted by atomic mass is 10.1. The highest BCUT2D eigenvalue weighted by molar-refractivity contribution is 7.90.